The summed E-state index contributed by atoms with van der Waals surface area (Å²) in [5.41, 5.74) is 13.3. The normalized spacial score (nSPS) is 11.4. The maximum Gasteiger partial charge on any atom is 0.160 e. The van der Waals surface area contributed by atoms with Gasteiger partial charge in [0.2, 0.25) is 0 Å². The molecule has 0 amide bonds. The van der Waals surface area contributed by atoms with Crippen molar-refractivity contribution in [2.75, 3.05) is 0 Å². The van der Waals surface area contributed by atoms with Gasteiger partial charge in [0.15, 0.2) is 5.82 Å². The SMILES string of the molecule is c1ccc(-c2cc(-c3ccc(-c4ccc5cc(-c6cccc(-n7c8ccccc8c8ccccc87)c6)ccc5c4)cc3)nc(-c3ccccc3)n2)cc1. The third-order valence-corrected chi connectivity index (χ3v) is 10.2. The number of benzene rings is 8. The Morgan fingerprint density at radius 3 is 1.38 bits per heavy atom. The predicted molar refractivity (Wildman–Crippen MR) is 221 cm³/mol. The van der Waals surface area contributed by atoms with Crippen LogP contribution in [0.2, 0.25) is 0 Å². The Morgan fingerprint density at radius 1 is 0.302 bits per heavy atom. The molecule has 2 aromatic heterocycles. The van der Waals surface area contributed by atoms with Crippen LogP contribution in [0, 0.1) is 0 Å². The molecule has 8 aromatic carbocycles. The number of hydrogen-bond donors (Lipinski definition) is 0. The van der Waals surface area contributed by atoms with E-state index in [1.54, 1.807) is 0 Å². The van der Waals surface area contributed by atoms with Gasteiger partial charge in [-0.15, -0.1) is 0 Å². The second-order valence-electron chi connectivity index (χ2n) is 13.5. The number of rotatable bonds is 6. The van der Waals surface area contributed by atoms with Gasteiger partial charge < -0.3 is 4.57 Å². The van der Waals surface area contributed by atoms with Crippen LogP contribution in [0.3, 0.4) is 0 Å². The Kier molecular flexibility index (Phi) is 7.47. The maximum atomic E-state index is 5.01. The highest BCUT2D eigenvalue weighted by molar-refractivity contribution is 6.09. The third-order valence-electron chi connectivity index (χ3n) is 10.2. The molecule has 0 saturated heterocycles. The van der Waals surface area contributed by atoms with Crippen LogP contribution in [0.25, 0.3) is 94.4 Å². The predicted octanol–water partition coefficient (Wildman–Crippen LogP) is 13.1. The molecule has 0 aliphatic carbocycles. The summed E-state index contributed by atoms with van der Waals surface area (Å²) in [5.74, 6) is 0.721. The van der Waals surface area contributed by atoms with Gasteiger partial charge in [0.05, 0.1) is 22.4 Å². The molecule has 0 radical (unpaired) electrons. The molecule has 0 bridgehead atoms. The fourth-order valence-corrected chi connectivity index (χ4v) is 7.53. The molecule has 0 aliphatic heterocycles. The van der Waals surface area contributed by atoms with Gasteiger partial charge in [0.1, 0.15) is 0 Å². The number of fused-ring (bicyclic) bond motifs is 4. The fraction of sp³-hybridized carbons (Fsp3) is 0. The lowest BCUT2D eigenvalue weighted by Crippen LogP contribution is -1.95. The van der Waals surface area contributed by atoms with E-state index in [1.165, 1.54) is 54.8 Å². The fourth-order valence-electron chi connectivity index (χ4n) is 7.53. The zero-order chi connectivity index (χ0) is 35.1. The van der Waals surface area contributed by atoms with Crippen molar-refractivity contribution in [2.24, 2.45) is 0 Å². The zero-order valence-electron chi connectivity index (χ0n) is 28.9. The molecule has 53 heavy (non-hydrogen) atoms. The number of para-hydroxylation sites is 2. The van der Waals surface area contributed by atoms with E-state index in [-0.39, 0.29) is 0 Å². The molecule has 0 saturated carbocycles. The minimum absolute atomic E-state index is 0.721. The monoisotopic (exact) mass is 675 g/mol. The van der Waals surface area contributed by atoms with Gasteiger partial charge in [-0.25, -0.2) is 9.97 Å². The highest BCUT2D eigenvalue weighted by Crippen LogP contribution is 2.35. The van der Waals surface area contributed by atoms with Crippen molar-refractivity contribution in [3.8, 4) is 61.8 Å². The number of aromatic nitrogens is 3. The Morgan fingerprint density at radius 2 is 0.755 bits per heavy atom. The van der Waals surface area contributed by atoms with Gasteiger partial charge >= 0.3 is 0 Å². The van der Waals surface area contributed by atoms with E-state index < -0.39 is 0 Å². The summed E-state index contributed by atoms with van der Waals surface area (Å²) < 4.78 is 2.38. The van der Waals surface area contributed by atoms with E-state index in [2.05, 4.69) is 168 Å². The van der Waals surface area contributed by atoms with Crippen LogP contribution >= 0.6 is 0 Å². The molecule has 0 aliphatic rings. The van der Waals surface area contributed by atoms with Crippen molar-refractivity contribution in [1.82, 2.24) is 14.5 Å². The Balaban J connectivity index is 0.963. The van der Waals surface area contributed by atoms with Crippen LogP contribution in [0.15, 0.2) is 200 Å². The van der Waals surface area contributed by atoms with Crippen molar-refractivity contribution in [1.29, 1.82) is 0 Å². The highest BCUT2D eigenvalue weighted by Gasteiger charge is 2.13. The summed E-state index contributed by atoms with van der Waals surface area (Å²) >= 11 is 0. The first-order valence-electron chi connectivity index (χ1n) is 18.0. The Hall–Kier alpha value is -7.10. The number of nitrogens with zero attached hydrogens (tertiary/aromatic N) is 3. The molecule has 0 fully saturated rings. The highest BCUT2D eigenvalue weighted by atomic mass is 15.0. The molecular formula is C50H33N3. The van der Waals surface area contributed by atoms with Crippen LogP contribution in [-0.2, 0) is 0 Å². The molecule has 248 valence electrons. The largest absolute Gasteiger partial charge is 0.309 e. The van der Waals surface area contributed by atoms with Gasteiger partial charge in [-0.2, -0.15) is 0 Å². The average Bonchev–Trinajstić information content (AvgIpc) is 3.58. The minimum Gasteiger partial charge on any atom is -0.309 e. The third kappa shape index (κ3) is 5.65. The van der Waals surface area contributed by atoms with E-state index >= 15 is 0 Å². The van der Waals surface area contributed by atoms with Crippen molar-refractivity contribution in [3.05, 3.63) is 200 Å². The Labute approximate surface area is 308 Å². The second-order valence-corrected chi connectivity index (χ2v) is 13.5. The van der Waals surface area contributed by atoms with E-state index in [4.69, 9.17) is 9.97 Å². The maximum absolute atomic E-state index is 5.01. The molecule has 3 nitrogen and oxygen atoms in total. The zero-order valence-corrected chi connectivity index (χ0v) is 28.9. The van der Waals surface area contributed by atoms with E-state index in [1.807, 2.05) is 36.4 Å². The molecule has 0 spiro atoms. The lowest BCUT2D eigenvalue weighted by molar-refractivity contribution is 1.18. The summed E-state index contributed by atoms with van der Waals surface area (Å²) in [4.78, 5) is 9.95. The van der Waals surface area contributed by atoms with Gasteiger partial charge in [-0.1, -0.05) is 158 Å². The average molecular weight is 676 g/mol. The van der Waals surface area contributed by atoms with Crippen molar-refractivity contribution in [2.45, 2.75) is 0 Å². The Bertz CT molecular complexity index is 2810. The summed E-state index contributed by atoms with van der Waals surface area (Å²) in [6.07, 6.45) is 0. The van der Waals surface area contributed by atoms with Crippen LogP contribution in [0.4, 0.5) is 0 Å². The van der Waals surface area contributed by atoms with Gasteiger partial charge in [-0.05, 0) is 75.5 Å². The van der Waals surface area contributed by atoms with Crippen LogP contribution < -0.4 is 0 Å². The van der Waals surface area contributed by atoms with E-state index in [0.717, 1.165) is 39.6 Å². The number of hydrogen-bond acceptors (Lipinski definition) is 2. The van der Waals surface area contributed by atoms with E-state index in [9.17, 15) is 0 Å². The van der Waals surface area contributed by atoms with Crippen LogP contribution in [-0.4, -0.2) is 14.5 Å². The second kappa shape index (κ2) is 12.9. The summed E-state index contributed by atoms with van der Waals surface area (Å²) in [5, 5.41) is 4.97. The molecule has 0 unspecified atom stereocenters. The lowest BCUT2D eigenvalue weighted by atomic mass is 9.96. The van der Waals surface area contributed by atoms with Gasteiger partial charge in [-0.3, -0.25) is 0 Å². The first-order chi connectivity index (χ1) is 26.2. The molecule has 0 N–H and O–H groups in total. The van der Waals surface area contributed by atoms with Crippen molar-refractivity contribution in [3.63, 3.8) is 0 Å². The first-order valence-corrected chi connectivity index (χ1v) is 18.0. The molecule has 0 atom stereocenters. The van der Waals surface area contributed by atoms with Gasteiger partial charge in [0, 0.05) is 33.2 Å². The van der Waals surface area contributed by atoms with Crippen molar-refractivity contribution < 1.29 is 0 Å². The first kappa shape index (κ1) is 30.7. The molecule has 10 aromatic rings. The summed E-state index contributed by atoms with van der Waals surface area (Å²) in [6, 6.07) is 71.0. The summed E-state index contributed by atoms with van der Waals surface area (Å²) in [6.45, 7) is 0. The topological polar surface area (TPSA) is 30.7 Å². The summed E-state index contributed by atoms with van der Waals surface area (Å²) in [7, 11) is 0. The quantitative estimate of drug-likeness (QED) is 0.176. The molecular weight excluding hydrogens is 643 g/mol. The smallest absolute Gasteiger partial charge is 0.160 e. The van der Waals surface area contributed by atoms with Crippen LogP contribution in [0.1, 0.15) is 0 Å². The standard InChI is InChI=1S/C50H33N3/c1-3-12-35(13-4-1)46-33-47(52-50(51-46)37-14-5-2-6-15-37)36-24-22-34(23-25-36)39-26-27-42-31-40(28-29-41(42)30-39)38-16-11-17-43(32-38)53-48-20-9-7-18-44(48)45-19-8-10-21-49(45)53/h1-33H. The molecule has 3 heteroatoms. The molecule has 10 rings (SSSR count). The molecule has 2 heterocycles. The van der Waals surface area contributed by atoms with Crippen molar-refractivity contribution >= 4 is 32.6 Å². The minimum atomic E-state index is 0.721. The van der Waals surface area contributed by atoms with Crippen LogP contribution in [0.5, 0.6) is 0 Å². The van der Waals surface area contributed by atoms with Gasteiger partial charge in [0.25, 0.3) is 0 Å². The lowest BCUT2D eigenvalue weighted by Gasteiger charge is -2.12. The van der Waals surface area contributed by atoms with E-state index in [0.29, 0.717) is 0 Å².